The summed E-state index contributed by atoms with van der Waals surface area (Å²) in [4.78, 5) is 12.8. The van der Waals surface area contributed by atoms with Crippen LogP contribution in [0.3, 0.4) is 0 Å². The number of aromatic nitrogens is 2. The fourth-order valence-corrected chi connectivity index (χ4v) is 3.01. The predicted octanol–water partition coefficient (Wildman–Crippen LogP) is 3.26. The van der Waals surface area contributed by atoms with E-state index in [4.69, 9.17) is 10.5 Å². The lowest BCUT2D eigenvalue weighted by Crippen LogP contribution is -2.07. The fourth-order valence-electron chi connectivity index (χ4n) is 1.98. The van der Waals surface area contributed by atoms with Gasteiger partial charge >= 0.3 is 5.97 Å². The maximum absolute atomic E-state index is 11.9. The van der Waals surface area contributed by atoms with Crippen molar-refractivity contribution in [2.24, 2.45) is 0 Å². The summed E-state index contributed by atoms with van der Waals surface area (Å²) in [5.41, 5.74) is 8.09. The van der Waals surface area contributed by atoms with Crippen molar-refractivity contribution >= 4 is 22.3 Å². The zero-order chi connectivity index (χ0) is 14.9. The summed E-state index contributed by atoms with van der Waals surface area (Å²) in [6.07, 6.45) is 1.93. The van der Waals surface area contributed by atoms with Gasteiger partial charge in [-0.1, -0.05) is 0 Å². The van der Waals surface area contributed by atoms with Crippen LogP contribution in [0.5, 0.6) is 0 Å². The van der Waals surface area contributed by atoms with E-state index in [1.807, 2.05) is 23.9 Å². The molecule has 0 aliphatic heterocycles. The second-order valence-electron chi connectivity index (χ2n) is 4.79. The van der Waals surface area contributed by atoms with E-state index >= 15 is 0 Å². The fraction of sp³-hybridized carbons (Fsp3) is 0.429. The summed E-state index contributed by atoms with van der Waals surface area (Å²) in [6, 6.07) is 2.23. The Bertz CT molecular complexity index is 628. The molecule has 2 aromatic rings. The maximum atomic E-state index is 11.9. The van der Waals surface area contributed by atoms with Crippen LogP contribution in [0.1, 0.15) is 42.7 Å². The number of thiophene rings is 1. The molecule has 6 heteroatoms. The van der Waals surface area contributed by atoms with Crippen LogP contribution >= 0.6 is 11.3 Å². The van der Waals surface area contributed by atoms with Crippen molar-refractivity contribution in [1.82, 2.24) is 9.78 Å². The summed E-state index contributed by atoms with van der Waals surface area (Å²) in [5.74, 6) is -0.367. The molecule has 5 nitrogen and oxygen atoms in total. The largest absolute Gasteiger partial charge is 0.462 e. The third kappa shape index (κ3) is 2.56. The van der Waals surface area contributed by atoms with Gasteiger partial charge in [0, 0.05) is 12.2 Å². The minimum Gasteiger partial charge on any atom is -0.462 e. The lowest BCUT2D eigenvalue weighted by molar-refractivity contribution is 0.0527. The van der Waals surface area contributed by atoms with Gasteiger partial charge in [-0.15, -0.1) is 11.3 Å². The Hall–Kier alpha value is -1.82. The molecule has 0 bridgehead atoms. The molecule has 2 N–H and O–H groups in total. The highest BCUT2D eigenvalue weighted by Gasteiger charge is 2.22. The number of hydrogen-bond donors (Lipinski definition) is 1. The number of carbonyl (C=O) groups is 1. The minimum absolute atomic E-state index is 0.297. The summed E-state index contributed by atoms with van der Waals surface area (Å²) in [7, 11) is 0. The van der Waals surface area contributed by atoms with E-state index < -0.39 is 0 Å². The number of nitrogens with zero attached hydrogens (tertiary/aromatic N) is 2. The summed E-state index contributed by atoms with van der Waals surface area (Å²) in [6.45, 7) is 8.13. The van der Waals surface area contributed by atoms with E-state index in [0.29, 0.717) is 23.2 Å². The van der Waals surface area contributed by atoms with Crippen LogP contribution in [0.25, 0.3) is 10.6 Å². The quantitative estimate of drug-likeness (QED) is 0.878. The average Bonchev–Trinajstić information content (AvgIpc) is 2.94. The van der Waals surface area contributed by atoms with Crippen LogP contribution in [0.2, 0.25) is 0 Å². The van der Waals surface area contributed by atoms with Crippen molar-refractivity contribution in [2.45, 2.75) is 33.7 Å². The molecular formula is C14H19N3O2S. The molecule has 0 fully saturated rings. The minimum atomic E-state index is -0.367. The first-order chi connectivity index (χ1) is 9.45. The van der Waals surface area contributed by atoms with Gasteiger partial charge in [0.1, 0.15) is 10.7 Å². The van der Waals surface area contributed by atoms with Crippen LogP contribution in [0.15, 0.2) is 12.3 Å². The van der Waals surface area contributed by atoms with E-state index in [-0.39, 0.29) is 5.97 Å². The Morgan fingerprint density at radius 3 is 2.80 bits per heavy atom. The van der Waals surface area contributed by atoms with Crippen LogP contribution in [-0.4, -0.2) is 22.4 Å². The molecule has 0 radical (unpaired) electrons. The molecule has 0 spiro atoms. The van der Waals surface area contributed by atoms with Gasteiger partial charge in [0.05, 0.1) is 17.0 Å². The first-order valence-electron chi connectivity index (χ1n) is 6.57. The Balaban J connectivity index is 2.43. The molecule has 108 valence electrons. The van der Waals surface area contributed by atoms with E-state index in [2.05, 4.69) is 18.9 Å². The van der Waals surface area contributed by atoms with Gasteiger partial charge in [0.15, 0.2) is 0 Å². The molecule has 2 heterocycles. The van der Waals surface area contributed by atoms with Crippen LogP contribution in [0.4, 0.5) is 5.00 Å². The Kier molecular flexibility index (Phi) is 4.13. The van der Waals surface area contributed by atoms with Gasteiger partial charge in [0.25, 0.3) is 0 Å². The number of nitrogen functional groups attached to an aromatic ring is 1. The third-order valence-corrected chi connectivity index (χ3v) is 4.17. The van der Waals surface area contributed by atoms with Crippen molar-refractivity contribution in [3.05, 3.63) is 23.4 Å². The SMILES string of the molecule is CCOC(=O)c1c(N)sc(-c2ccn(C(C)C)n2)c1C. The Morgan fingerprint density at radius 1 is 1.55 bits per heavy atom. The monoisotopic (exact) mass is 293 g/mol. The van der Waals surface area contributed by atoms with Gasteiger partial charge in [-0.3, -0.25) is 4.68 Å². The predicted molar refractivity (Wildman–Crippen MR) is 81.0 cm³/mol. The van der Waals surface area contributed by atoms with Crippen molar-refractivity contribution in [2.75, 3.05) is 12.3 Å². The van der Waals surface area contributed by atoms with Gasteiger partial charge in [-0.05, 0) is 39.3 Å². The normalized spacial score (nSPS) is 11.1. The maximum Gasteiger partial charge on any atom is 0.341 e. The lowest BCUT2D eigenvalue weighted by atomic mass is 10.1. The van der Waals surface area contributed by atoms with Crippen molar-refractivity contribution in [3.8, 4) is 10.6 Å². The molecule has 0 aliphatic carbocycles. The molecule has 0 aliphatic rings. The summed E-state index contributed by atoms with van der Waals surface area (Å²) >= 11 is 1.37. The number of rotatable bonds is 4. The highest BCUT2D eigenvalue weighted by Crippen LogP contribution is 2.37. The molecule has 0 saturated carbocycles. The zero-order valence-corrected chi connectivity index (χ0v) is 13.0. The Labute approximate surface area is 122 Å². The Morgan fingerprint density at radius 2 is 2.25 bits per heavy atom. The lowest BCUT2D eigenvalue weighted by Gasteiger charge is -2.04. The van der Waals surface area contributed by atoms with Crippen molar-refractivity contribution in [3.63, 3.8) is 0 Å². The molecule has 2 aromatic heterocycles. The molecule has 0 saturated heterocycles. The number of hydrogen-bond acceptors (Lipinski definition) is 5. The molecule has 0 atom stereocenters. The van der Waals surface area contributed by atoms with Gasteiger partial charge in [-0.2, -0.15) is 5.10 Å². The third-order valence-electron chi connectivity index (χ3n) is 3.02. The van der Waals surface area contributed by atoms with Gasteiger partial charge < -0.3 is 10.5 Å². The average molecular weight is 293 g/mol. The second-order valence-corrected chi connectivity index (χ2v) is 5.84. The summed E-state index contributed by atoms with van der Waals surface area (Å²) < 4.78 is 6.93. The van der Waals surface area contributed by atoms with Gasteiger partial charge in [0.2, 0.25) is 0 Å². The van der Waals surface area contributed by atoms with E-state index in [9.17, 15) is 4.79 Å². The zero-order valence-electron chi connectivity index (χ0n) is 12.1. The van der Waals surface area contributed by atoms with Gasteiger partial charge in [-0.25, -0.2) is 4.79 Å². The van der Waals surface area contributed by atoms with Crippen LogP contribution < -0.4 is 5.73 Å². The molecule has 0 aromatic carbocycles. The van der Waals surface area contributed by atoms with Crippen LogP contribution in [0, 0.1) is 6.92 Å². The van der Waals surface area contributed by atoms with E-state index in [1.165, 1.54) is 11.3 Å². The number of nitrogens with two attached hydrogens (primary N) is 1. The topological polar surface area (TPSA) is 70.1 Å². The van der Waals surface area contributed by atoms with Crippen molar-refractivity contribution < 1.29 is 9.53 Å². The highest BCUT2D eigenvalue weighted by atomic mass is 32.1. The standard InChI is InChI=1S/C14H19N3O2S/c1-5-19-14(18)11-9(4)12(20-13(11)15)10-6-7-17(16-10)8(2)3/h6-8H,5,15H2,1-4H3. The number of carbonyl (C=O) groups excluding carboxylic acids is 1. The number of esters is 1. The molecule has 2 rings (SSSR count). The van der Waals surface area contributed by atoms with E-state index in [0.717, 1.165) is 16.1 Å². The second kappa shape index (κ2) is 5.66. The molecule has 0 amide bonds. The molecule has 20 heavy (non-hydrogen) atoms. The summed E-state index contributed by atoms with van der Waals surface area (Å²) in [5, 5.41) is 5.00. The number of ether oxygens (including phenoxy) is 1. The van der Waals surface area contributed by atoms with Crippen molar-refractivity contribution in [1.29, 1.82) is 0 Å². The highest BCUT2D eigenvalue weighted by molar-refractivity contribution is 7.19. The first kappa shape index (κ1) is 14.6. The van der Waals surface area contributed by atoms with Crippen LogP contribution in [-0.2, 0) is 4.74 Å². The van der Waals surface area contributed by atoms with E-state index in [1.54, 1.807) is 6.92 Å². The molecular weight excluding hydrogens is 274 g/mol. The first-order valence-corrected chi connectivity index (χ1v) is 7.38. The smallest absolute Gasteiger partial charge is 0.341 e. The molecule has 0 unspecified atom stereocenters. The number of anilines is 1.